The summed E-state index contributed by atoms with van der Waals surface area (Å²) in [5.74, 6) is -1.56. The van der Waals surface area contributed by atoms with Crippen molar-refractivity contribution in [3.63, 3.8) is 0 Å². The molecule has 3 rings (SSSR count). The van der Waals surface area contributed by atoms with E-state index in [1.54, 1.807) is 6.07 Å². The Morgan fingerprint density at radius 2 is 1.71 bits per heavy atom. The Labute approximate surface area is 206 Å². The predicted molar refractivity (Wildman–Crippen MR) is 131 cm³/mol. The van der Waals surface area contributed by atoms with Gasteiger partial charge in [0.15, 0.2) is 0 Å². The maximum absolute atomic E-state index is 13.4. The molecule has 1 aliphatic heterocycles. The molecular formula is C26H34ClN3O4. The number of imide groups is 1. The van der Waals surface area contributed by atoms with E-state index in [-0.39, 0.29) is 61.0 Å². The van der Waals surface area contributed by atoms with Gasteiger partial charge in [-0.1, -0.05) is 55.8 Å². The summed E-state index contributed by atoms with van der Waals surface area (Å²) in [5, 5.41) is 3.48. The lowest BCUT2D eigenvalue weighted by Crippen LogP contribution is -2.51. The van der Waals surface area contributed by atoms with Crippen LogP contribution >= 0.6 is 11.6 Å². The molecule has 0 radical (unpaired) electrons. The average Bonchev–Trinajstić information content (AvgIpc) is 3.08. The van der Waals surface area contributed by atoms with Crippen LogP contribution in [0.15, 0.2) is 36.4 Å². The van der Waals surface area contributed by atoms with Crippen LogP contribution in [0.1, 0.15) is 58.4 Å². The lowest BCUT2D eigenvalue weighted by atomic mass is 9.85. The van der Waals surface area contributed by atoms with Crippen molar-refractivity contribution in [2.45, 2.75) is 71.5 Å². The number of fused-ring (bicyclic) bond motifs is 1. The molecule has 1 aromatic rings. The van der Waals surface area contributed by atoms with Gasteiger partial charge >= 0.3 is 0 Å². The Kier molecular flexibility index (Phi) is 8.89. The summed E-state index contributed by atoms with van der Waals surface area (Å²) in [5.41, 5.74) is 0.734. The minimum absolute atomic E-state index is 0.0180. The van der Waals surface area contributed by atoms with Crippen LogP contribution in [0.4, 0.5) is 0 Å². The van der Waals surface area contributed by atoms with Gasteiger partial charge in [-0.3, -0.25) is 24.1 Å². The lowest BCUT2D eigenvalue weighted by molar-refractivity contribution is -0.144. The first kappa shape index (κ1) is 25.9. The molecule has 1 saturated heterocycles. The third-order valence-electron chi connectivity index (χ3n) is 6.83. The molecule has 1 N–H and O–H groups in total. The highest BCUT2D eigenvalue weighted by Gasteiger charge is 2.47. The van der Waals surface area contributed by atoms with E-state index in [0.29, 0.717) is 24.3 Å². The van der Waals surface area contributed by atoms with E-state index >= 15 is 0 Å². The van der Waals surface area contributed by atoms with Crippen LogP contribution in [-0.2, 0) is 25.7 Å². The second kappa shape index (κ2) is 11.6. The Bertz CT molecular complexity index is 937. The summed E-state index contributed by atoms with van der Waals surface area (Å²) in [6, 6.07) is 6.51. The summed E-state index contributed by atoms with van der Waals surface area (Å²) < 4.78 is 0. The molecule has 0 unspecified atom stereocenters. The van der Waals surface area contributed by atoms with Crippen LogP contribution in [-0.4, -0.2) is 52.1 Å². The number of benzene rings is 1. The van der Waals surface area contributed by atoms with E-state index in [0.717, 1.165) is 12.0 Å². The molecule has 0 spiro atoms. The Morgan fingerprint density at radius 3 is 2.26 bits per heavy atom. The minimum atomic E-state index is -0.686. The second-order valence-corrected chi connectivity index (χ2v) is 9.50. The normalized spacial score (nSPS) is 21.2. The minimum Gasteiger partial charge on any atom is -0.352 e. The Hall–Kier alpha value is -2.67. The predicted octanol–water partition coefficient (Wildman–Crippen LogP) is 3.70. The Balaban J connectivity index is 1.77. The van der Waals surface area contributed by atoms with Gasteiger partial charge in [-0.15, -0.1) is 0 Å². The van der Waals surface area contributed by atoms with Crippen molar-refractivity contribution in [2.24, 2.45) is 11.8 Å². The van der Waals surface area contributed by atoms with Crippen molar-refractivity contribution < 1.29 is 19.2 Å². The number of amides is 4. The van der Waals surface area contributed by atoms with Gasteiger partial charge < -0.3 is 10.2 Å². The van der Waals surface area contributed by atoms with Gasteiger partial charge in [0.25, 0.3) is 0 Å². The third kappa shape index (κ3) is 5.69. The molecule has 1 fully saturated rings. The zero-order valence-electron chi connectivity index (χ0n) is 20.1. The van der Waals surface area contributed by atoms with Crippen LogP contribution in [0.25, 0.3) is 0 Å². The first-order valence-electron chi connectivity index (χ1n) is 12.1. The van der Waals surface area contributed by atoms with Gasteiger partial charge in [0, 0.05) is 30.6 Å². The van der Waals surface area contributed by atoms with Crippen LogP contribution in [0.3, 0.4) is 0 Å². The molecule has 1 aliphatic carbocycles. The maximum atomic E-state index is 13.4. The van der Waals surface area contributed by atoms with Crippen molar-refractivity contribution in [3.05, 3.63) is 47.0 Å². The Morgan fingerprint density at radius 1 is 1.09 bits per heavy atom. The summed E-state index contributed by atoms with van der Waals surface area (Å²) in [4.78, 5) is 54.8. The van der Waals surface area contributed by atoms with Crippen LogP contribution < -0.4 is 5.32 Å². The van der Waals surface area contributed by atoms with Gasteiger partial charge in [-0.05, 0) is 44.2 Å². The fraction of sp³-hybridized carbons (Fsp3) is 0.538. The molecule has 0 aromatic heterocycles. The summed E-state index contributed by atoms with van der Waals surface area (Å²) in [6.45, 7) is 5.95. The first-order valence-corrected chi connectivity index (χ1v) is 12.5. The summed E-state index contributed by atoms with van der Waals surface area (Å²) >= 11 is 6.35. The molecule has 0 saturated carbocycles. The SMILES string of the molecule is CC[C@H](C)NC(=O)[C@H](CC)N(Cc1ccccc1Cl)C(=O)CCN1C(=O)[C@H]2CC=CC[C@H]2C1=O. The highest BCUT2D eigenvalue weighted by Crippen LogP contribution is 2.35. The van der Waals surface area contributed by atoms with Crippen LogP contribution in [0.5, 0.6) is 0 Å². The van der Waals surface area contributed by atoms with E-state index < -0.39 is 6.04 Å². The van der Waals surface area contributed by atoms with E-state index in [1.165, 1.54) is 9.80 Å². The number of hydrogen-bond acceptors (Lipinski definition) is 4. The van der Waals surface area contributed by atoms with Gasteiger partial charge in [-0.2, -0.15) is 0 Å². The number of carbonyl (C=O) groups is 4. The number of allylic oxidation sites excluding steroid dienone is 2. The number of nitrogens with one attached hydrogen (secondary N) is 1. The summed E-state index contributed by atoms with van der Waals surface area (Å²) in [6.07, 6.45) is 6.16. The summed E-state index contributed by atoms with van der Waals surface area (Å²) in [7, 11) is 0. The second-order valence-electron chi connectivity index (χ2n) is 9.09. The standard InChI is InChI=1S/C26H34ClN3O4/c1-4-17(3)28-24(32)22(5-2)30(16-18-10-6-9-13-21(18)27)23(31)14-15-29-25(33)19-11-7-8-12-20(19)26(29)34/h6-10,13,17,19-20,22H,4-5,11-12,14-16H2,1-3H3,(H,28,32)/t17-,19-,20+,22-/m0/s1. The van der Waals surface area contributed by atoms with Crippen LogP contribution in [0.2, 0.25) is 5.02 Å². The zero-order chi connectivity index (χ0) is 24.8. The number of likely N-dealkylation sites (tertiary alicyclic amines) is 1. The van der Waals surface area contributed by atoms with Crippen LogP contribution in [0, 0.1) is 11.8 Å². The number of hydrogen-bond donors (Lipinski definition) is 1. The van der Waals surface area contributed by atoms with Gasteiger partial charge in [0.1, 0.15) is 6.04 Å². The number of carbonyl (C=O) groups excluding carboxylic acids is 4. The van der Waals surface area contributed by atoms with E-state index in [1.807, 2.05) is 51.1 Å². The zero-order valence-corrected chi connectivity index (χ0v) is 20.9. The molecule has 2 aliphatic rings. The molecule has 0 bridgehead atoms. The van der Waals surface area contributed by atoms with Gasteiger partial charge in [0.2, 0.25) is 23.6 Å². The monoisotopic (exact) mass is 487 g/mol. The molecule has 184 valence electrons. The molecule has 1 heterocycles. The first-order chi connectivity index (χ1) is 16.3. The molecular weight excluding hydrogens is 454 g/mol. The van der Waals surface area contributed by atoms with Crippen molar-refractivity contribution >= 4 is 35.2 Å². The van der Waals surface area contributed by atoms with Crippen molar-refractivity contribution in [2.75, 3.05) is 6.54 Å². The quantitative estimate of drug-likeness (QED) is 0.402. The van der Waals surface area contributed by atoms with Gasteiger partial charge in [-0.25, -0.2) is 0 Å². The third-order valence-corrected chi connectivity index (χ3v) is 7.20. The number of nitrogens with zero attached hydrogens (tertiary/aromatic N) is 2. The van der Waals surface area contributed by atoms with E-state index in [2.05, 4.69) is 5.32 Å². The molecule has 4 amide bonds. The average molecular weight is 488 g/mol. The maximum Gasteiger partial charge on any atom is 0.243 e. The van der Waals surface area contributed by atoms with E-state index in [9.17, 15) is 19.2 Å². The number of halogens is 1. The van der Waals surface area contributed by atoms with Gasteiger partial charge in [0.05, 0.1) is 11.8 Å². The van der Waals surface area contributed by atoms with E-state index in [4.69, 9.17) is 11.6 Å². The highest BCUT2D eigenvalue weighted by molar-refractivity contribution is 6.31. The molecule has 1 aromatic carbocycles. The van der Waals surface area contributed by atoms with Crippen molar-refractivity contribution in [3.8, 4) is 0 Å². The number of rotatable bonds is 10. The highest BCUT2D eigenvalue weighted by atomic mass is 35.5. The molecule has 7 nitrogen and oxygen atoms in total. The van der Waals surface area contributed by atoms with Crippen molar-refractivity contribution in [1.29, 1.82) is 0 Å². The molecule has 34 heavy (non-hydrogen) atoms. The fourth-order valence-electron chi connectivity index (χ4n) is 4.61. The fourth-order valence-corrected chi connectivity index (χ4v) is 4.81. The largest absolute Gasteiger partial charge is 0.352 e. The lowest BCUT2D eigenvalue weighted by Gasteiger charge is -2.32. The smallest absolute Gasteiger partial charge is 0.243 e. The molecule has 4 atom stereocenters. The molecule has 8 heteroatoms. The topological polar surface area (TPSA) is 86.8 Å². The van der Waals surface area contributed by atoms with Crippen molar-refractivity contribution in [1.82, 2.24) is 15.1 Å².